The molecule has 1 rings (SSSR count). The quantitative estimate of drug-likeness (QED) is 0.792. The molecule has 0 spiro atoms. The van der Waals surface area contributed by atoms with E-state index in [4.69, 9.17) is 5.11 Å². The third kappa shape index (κ3) is 2.79. The van der Waals surface area contributed by atoms with Crippen LogP contribution in [0.1, 0.15) is 30.8 Å². The molecule has 78 valence electrons. The number of alkyl halides is 1. The van der Waals surface area contributed by atoms with E-state index in [1.807, 2.05) is 0 Å². The van der Waals surface area contributed by atoms with Gasteiger partial charge in [0.2, 0.25) is 0 Å². The molecule has 0 radical (unpaired) electrons. The van der Waals surface area contributed by atoms with Crippen LogP contribution in [0.25, 0.3) is 0 Å². The number of aryl methyl sites for hydroxylation is 1. The van der Waals surface area contributed by atoms with Crippen LogP contribution in [0.15, 0.2) is 6.20 Å². The number of hydrogen-bond donors (Lipinski definition) is 1. The second-order valence-corrected chi connectivity index (χ2v) is 3.62. The molecule has 0 atom stereocenters. The van der Waals surface area contributed by atoms with Gasteiger partial charge in [-0.05, 0) is 13.8 Å². The summed E-state index contributed by atoms with van der Waals surface area (Å²) in [7, 11) is 0. The van der Waals surface area contributed by atoms with Gasteiger partial charge in [-0.3, -0.25) is 0 Å². The Kier molecular flexibility index (Phi) is 2.83. The van der Waals surface area contributed by atoms with Crippen LogP contribution < -0.4 is 0 Å². The molecule has 0 aliphatic rings. The number of halogens is 1. The third-order valence-electron chi connectivity index (χ3n) is 1.75. The van der Waals surface area contributed by atoms with Gasteiger partial charge in [-0.15, -0.1) is 5.10 Å². The summed E-state index contributed by atoms with van der Waals surface area (Å²) in [6.07, 6.45) is 1.35. The maximum absolute atomic E-state index is 13.1. The van der Waals surface area contributed by atoms with Crippen LogP contribution >= 0.6 is 0 Å². The van der Waals surface area contributed by atoms with E-state index >= 15 is 0 Å². The molecule has 0 aliphatic heterocycles. The number of aromatic carboxylic acids is 1. The number of carboxylic acids is 1. The minimum atomic E-state index is -1.33. The molecular weight excluding hydrogens is 189 g/mol. The fourth-order valence-corrected chi connectivity index (χ4v) is 0.960. The van der Waals surface area contributed by atoms with Crippen LogP contribution in [0, 0.1) is 0 Å². The summed E-state index contributed by atoms with van der Waals surface area (Å²) in [5, 5.41) is 15.7. The average molecular weight is 201 g/mol. The summed E-state index contributed by atoms with van der Waals surface area (Å²) in [5.41, 5.74) is -1.35. The molecule has 1 aromatic rings. The predicted molar refractivity (Wildman–Crippen MR) is 46.8 cm³/mol. The Bertz CT molecular complexity index is 330. The van der Waals surface area contributed by atoms with Crippen molar-refractivity contribution in [2.45, 2.75) is 32.5 Å². The number of nitrogens with zero attached hydrogens (tertiary/aromatic N) is 3. The van der Waals surface area contributed by atoms with E-state index in [1.54, 1.807) is 0 Å². The minimum Gasteiger partial charge on any atom is -0.476 e. The topological polar surface area (TPSA) is 68.0 Å². The van der Waals surface area contributed by atoms with Crippen molar-refractivity contribution >= 4 is 5.97 Å². The van der Waals surface area contributed by atoms with Crippen LogP contribution in [0.4, 0.5) is 4.39 Å². The van der Waals surface area contributed by atoms with E-state index in [-0.39, 0.29) is 18.7 Å². The maximum atomic E-state index is 13.1. The monoisotopic (exact) mass is 201 g/mol. The predicted octanol–water partition coefficient (Wildman–Crippen LogP) is 1.11. The summed E-state index contributed by atoms with van der Waals surface area (Å²) in [6, 6.07) is 0. The third-order valence-corrected chi connectivity index (χ3v) is 1.75. The Morgan fingerprint density at radius 3 is 2.86 bits per heavy atom. The number of hydrogen-bond acceptors (Lipinski definition) is 3. The highest BCUT2D eigenvalue weighted by Gasteiger charge is 2.18. The smallest absolute Gasteiger partial charge is 0.355 e. The van der Waals surface area contributed by atoms with E-state index in [0.29, 0.717) is 0 Å². The highest BCUT2D eigenvalue weighted by atomic mass is 19.1. The highest BCUT2D eigenvalue weighted by Crippen LogP contribution is 2.14. The minimum absolute atomic E-state index is 0.0192. The molecule has 1 heterocycles. The Morgan fingerprint density at radius 1 is 1.71 bits per heavy atom. The van der Waals surface area contributed by atoms with Gasteiger partial charge >= 0.3 is 5.97 Å². The van der Waals surface area contributed by atoms with Gasteiger partial charge in [0.05, 0.1) is 6.20 Å². The first kappa shape index (κ1) is 10.6. The van der Waals surface area contributed by atoms with Crippen LogP contribution in [-0.4, -0.2) is 31.7 Å². The van der Waals surface area contributed by atoms with Crippen molar-refractivity contribution in [3.8, 4) is 0 Å². The van der Waals surface area contributed by atoms with Crippen molar-refractivity contribution in [1.82, 2.24) is 15.0 Å². The first-order valence-electron chi connectivity index (χ1n) is 4.21. The van der Waals surface area contributed by atoms with Crippen molar-refractivity contribution in [3.63, 3.8) is 0 Å². The summed E-state index contributed by atoms with van der Waals surface area (Å²) in [6.45, 7) is 3.08. The Labute approximate surface area is 80.5 Å². The van der Waals surface area contributed by atoms with Crippen LogP contribution in [-0.2, 0) is 6.54 Å². The number of carbonyl (C=O) groups is 1. The molecule has 0 fully saturated rings. The lowest BCUT2D eigenvalue weighted by atomic mass is 10.1. The molecule has 5 nitrogen and oxygen atoms in total. The lowest BCUT2D eigenvalue weighted by Crippen LogP contribution is -2.18. The second-order valence-electron chi connectivity index (χ2n) is 3.62. The van der Waals surface area contributed by atoms with Gasteiger partial charge in [0.1, 0.15) is 5.67 Å². The standard InChI is InChI=1S/C8H12FN3O2/c1-8(2,9)3-4-12-6(7(13)14)5-10-11-12/h5H,3-4H2,1-2H3,(H,13,14). The van der Waals surface area contributed by atoms with Gasteiger partial charge in [-0.1, -0.05) is 5.21 Å². The summed E-state index contributed by atoms with van der Waals surface area (Å²) < 4.78 is 14.3. The molecule has 1 aromatic heterocycles. The molecule has 0 saturated carbocycles. The van der Waals surface area contributed by atoms with Gasteiger partial charge in [-0.25, -0.2) is 13.9 Å². The van der Waals surface area contributed by atoms with Gasteiger partial charge in [0, 0.05) is 13.0 Å². The van der Waals surface area contributed by atoms with E-state index in [2.05, 4.69) is 10.3 Å². The van der Waals surface area contributed by atoms with Crippen molar-refractivity contribution in [3.05, 3.63) is 11.9 Å². The molecule has 0 aliphatic carbocycles. The average Bonchev–Trinajstić information content (AvgIpc) is 2.46. The van der Waals surface area contributed by atoms with Crippen molar-refractivity contribution in [2.24, 2.45) is 0 Å². The molecule has 14 heavy (non-hydrogen) atoms. The highest BCUT2D eigenvalue weighted by molar-refractivity contribution is 5.85. The van der Waals surface area contributed by atoms with Gasteiger partial charge in [-0.2, -0.15) is 0 Å². The molecular formula is C8H12FN3O2. The van der Waals surface area contributed by atoms with E-state index < -0.39 is 11.6 Å². The zero-order valence-electron chi connectivity index (χ0n) is 8.07. The number of carboxylic acid groups (broad SMARTS) is 1. The van der Waals surface area contributed by atoms with Gasteiger partial charge in [0.25, 0.3) is 0 Å². The van der Waals surface area contributed by atoms with Gasteiger partial charge < -0.3 is 5.11 Å². The zero-order valence-corrected chi connectivity index (χ0v) is 8.07. The fourth-order valence-electron chi connectivity index (χ4n) is 0.960. The molecule has 0 amide bonds. The Balaban J connectivity index is 2.68. The lowest BCUT2D eigenvalue weighted by Gasteiger charge is -2.13. The normalized spacial score (nSPS) is 11.6. The van der Waals surface area contributed by atoms with Crippen LogP contribution in [0.2, 0.25) is 0 Å². The number of aromatic nitrogens is 3. The summed E-state index contributed by atoms with van der Waals surface area (Å²) in [5.74, 6) is -1.10. The van der Waals surface area contributed by atoms with Crippen LogP contribution in [0.3, 0.4) is 0 Å². The van der Waals surface area contributed by atoms with Crippen molar-refractivity contribution in [1.29, 1.82) is 0 Å². The van der Waals surface area contributed by atoms with E-state index in [9.17, 15) is 9.18 Å². The molecule has 0 unspecified atom stereocenters. The van der Waals surface area contributed by atoms with E-state index in [0.717, 1.165) is 6.20 Å². The fraction of sp³-hybridized carbons (Fsp3) is 0.625. The number of rotatable bonds is 4. The summed E-state index contributed by atoms with van der Waals surface area (Å²) in [4.78, 5) is 10.6. The van der Waals surface area contributed by atoms with Crippen molar-refractivity contribution < 1.29 is 14.3 Å². The second kappa shape index (κ2) is 3.73. The van der Waals surface area contributed by atoms with Crippen molar-refractivity contribution in [2.75, 3.05) is 0 Å². The van der Waals surface area contributed by atoms with Gasteiger partial charge in [0.15, 0.2) is 5.69 Å². The SMILES string of the molecule is CC(C)(F)CCn1nncc1C(=O)O. The maximum Gasteiger partial charge on any atom is 0.355 e. The Hall–Kier alpha value is -1.46. The van der Waals surface area contributed by atoms with E-state index in [1.165, 1.54) is 18.5 Å². The molecule has 0 saturated heterocycles. The largest absolute Gasteiger partial charge is 0.476 e. The zero-order chi connectivity index (χ0) is 10.8. The molecule has 0 bridgehead atoms. The molecule has 0 aromatic carbocycles. The summed E-state index contributed by atoms with van der Waals surface area (Å²) >= 11 is 0. The Morgan fingerprint density at radius 2 is 2.36 bits per heavy atom. The first-order chi connectivity index (χ1) is 6.40. The first-order valence-corrected chi connectivity index (χ1v) is 4.21. The molecule has 1 N–H and O–H groups in total. The van der Waals surface area contributed by atoms with Crippen LogP contribution in [0.5, 0.6) is 0 Å². The lowest BCUT2D eigenvalue weighted by molar-refractivity contribution is 0.0680. The molecule has 6 heteroatoms.